The van der Waals surface area contributed by atoms with Crippen LogP contribution in [0.2, 0.25) is 5.02 Å². The second-order valence-electron chi connectivity index (χ2n) is 7.05. The topological polar surface area (TPSA) is 41.9 Å². The Morgan fingerprint density at radius 2 is 1.96 bits per heavy atom. The van der Waals surface area contributed by atoms with Gasteiger partial charge in [0.2, 0.25) is 0 Å². The first-order chi connectivity index (χ1) is 13.2. The van der Waals surface area contributed by atoms with Crippen molar-refractivity contribution in [1.82, 2.24) is 15.0 Å². The molecule has 0 radical (unpaired) electrons. The summed E-state index contributed by atoms with van der Waals surface area (Å²) in [6.45, 7) is 4.37. The molecular formula is C22H23ClN4. The quantitative estimate of drug-likeness (QED) is 0.602. The molecular weight excluding hydrogens is 356 g/mol. The molecule has 1 saturated heterocycles. The van der Waals surface area contributed by atoms with Crippen molar-refractivity contribution < 1.29 is 0 Å². The molecule has 138 valence electrons. The molecule has 1 atom stereocenters. The maximum atomic E-state index is 6.06. The lowest BCUT2D eigenvalue weighted by molar-refractivity contribution is 0.403. The van der Waals surface area contributed by atoms with Crippen LogP contribution in [0.5, 0.6) is 0 Å². The summed E-state index contributed by atoms with van der Waals surface area (Å²) in [5, 5.41) is 0.724. The van der Waals surface area contributed by atoms with E-state index < -0.39 is 0 Å². The summed E-state index contributed by atoms with van der Waals surface area (Å²) >= 11 is 6.06. The van der Waals surface area contributed by atoms with Gasteiger partial charge < -0.3 is 4.90 Å². The van der Waals surface area contributed by atoms with Gasteiger partial charge in [0.15, 0.2) is 5.82 Å². The minimum absolute atomic E-state index is 0.712. The molecule has 4 rings (SSSR count). The second-order valence-corrected chi connectivity index (χ2v) is 7.48. The third-order valence-corrected chi connectivity index (χ3v) is 5.44. The Bertz CT molecular complexity index is 896. The van der Waals surface area contributed by atoms with Crippen LogP contribution in [0.1, 0.15) is 26.2 Å². The minimum Gasteiger partial charge on any atom is -0.356 e. The molecule has 2 aromatic heterocycles. The highest BCUT2D eigenvalue weighted by atomic mass is 35.5. The highest BCUT2D eigenvalue weighted by molar-refractivity contribution is 6.30. The average molecular weight is 379 g/mol. The average Bonchev–Trinajstić information content (AvgIpc) is 2.74. The van der Waals surface area contributed by atoms with E-state index in [1.54, 1.807) is 6.20 Å². The molecule has 4 nitrogen and oxygen atoms in total. The smallest absolute Gasteiger partial charge is 0.163 e. The van der Waals surface area contributed by atoms with Gasteiger partial charge in [0.05, 0.1) is 5.69 Å². The number of nitrogens with zero attached hydrogens (tertiary/aromatic N) is 4. The number of benzene rings is 1. The van der Waals surface area contributed by atoms with Crippen LogP contribution in [0.15, 0.2) is 54.9 Å². The molecule has 0 amide bonds. The van der Waals surface area contributed by atoms with Gasteiger partial charge in [-0.1, -0.05) is 37.1 Å². The Morgan fingerprint density at radius 3 is 2.70 bits per heavy atom. The zero-order valence-electron chi connectivity index (χ0n) is 15.5. The van der Waals surface area contributed by atoms with Gasteiger partial charge in [-0.05, 0) is 43.0 Å². The molecule has 0 spiro atoms. The fraction of sp³-hybridized carbons (Fsp3) is 0.318. The number of pyridine rings is 1. The summed E-state index contributed by atoms with van der Waals surface area (Å²) in [4.78, 5) is 16.3. The molecule has 0 bridgehead atoms. The van der Waals surface area contributed by atoms with Crippen molar-refractivity contribution in [3.05, 3.63) is 59.9 Å². The van der Waals surface area contributed by atoms with Gasteiger partial charge in [-0.2, -0.15) is 0 Å². The van der Waals surface area contributed by atoms with E-state index in [1.807, 2.05) is 42.6 Å². The largest absolute Gasteiger partial charge is 0.356 e. The number of hydrogen-bond acceptors (Lipinski definition) is 4. The number of anilines is 1. The SMILES string of the molecule is CCC1CCCN(c2cc(-c3ccc(Cl)cc3)nc(-c3cccnc3)n2)C1. The first-order valence-corrected chi connectivity index (χ1v) is 9.91. The molecule has 0 aliphatic carbocycles. The van der Waals surface area contributed by atoms with E-state index in [2.05, 4.69) is 22.9 Å². The number of rotatable bonds is 4. The lowest BCUT2D eigenvalue weighted by atomic mass is 9.95. The molecule has 5 heteroatoms. The maximum Gasteiger partial charge on any atom is 0.163 e. The normalized spacial score (nSPS) is 17.1. The predicted octanol–water partition coefficient (Wildman–Crippen LogP) is 5.49. The van der Waals surface area contributed by atoms with Crippen LogP contribution in [0.3, 0.4) is 0 Å². The molecule has 3 heterocycles. The van der Waals surface area contributed by atoms with Crippen LogP contribution >= 0.6 is 11.6 Å². The molecule has 1 fully saturated rings. The number of aromatic nitrogens is 3. The Kier molecular flexibility index (Phi) is 5.35. The van der Waals surface area contributed by atoms with Crippen LogP contribution < -0.4 is 4.90 Å². The third-order valence-electron chi connectivity index (χ3n) is 5.19. The molecule has 3 aromatic rings. The number of piperidine rings is 1. The maximum absolute atomic E-state index is 6.06. The summed E-state index contributed by atoms with van der Waals surface area (Å²) in [5.74, 6) is 2.44. The van der Waals surface area contributed by atoms with Gasteiger partial charge in [0, 0.05) is 47.7 Å². The van der Waals surface area contributed by atoms with Crippen LogP contribution in [-0.4, -0.2) is 28.0 Å². The van der Waals surface area contributed by atoms with E-state index in [9.17, 15) is 0 Å². The minimum atomic E-state index is 0.712. The molecule has 1 unspecified atom stereocenters. The van der Waals surface area contributed by atoms with E-state index >= 15 is 0 Å². The van der Waals surface area contributed by atoms with E-state index in [-0.39, 0.29) is 0 Å². The third kappa shape index (κ3) is 4.11. The zero-order chi connectivity index (χ0) is 18.6. The van der Waals surface area contributed by atoms with Gasteiger partial charge in [0.25, 0.3) is 0 Å². The lowest BCUT2D eigenvalue weighted by Gasteiger charge is -2.33. The van der Waals surface area contributed by atoms with Crippen molar-refractivity contribution in [2.45, 2.75) is 26.2 Å². The highest BCUT2D eigenvalue weighted by Gasteiger charge is 2.21. The highest BCUT2D eigenvalue weighted by Crippen LogP contribution is 2.29. The van der Waals surface area contributed by atoms with Gasteiger partial charge in [-0.3, -0.25) is 4.98 Å². The van der Waals surface area contributed by atoms with Gasteiger partial charge >= 0.3 is 0 Å². The molecule has 1 aliphatic heterocycles. The van der Waals surface area contributed by atoms with Crippen molar-refractivity contribution in [3.63, 3.8) is 0 Å². The Labute approximate surface area is 165 Å². The van der Waals surface area contributed by atoms with Crippen molar-refractivity contribution in [3.8, 4) is 22.6 Å². The summed E-state index contributed by atoms with van der Waals surface area (Å²) < 4.78 is 0. The van der Waals surface area contributed by atoms with Gasteiger partial charge in [0.1, 0.15) is 5.82 Å². The fourth-order valence-corrected chi connectivity index (χ4v) is 3.72. The first-order valence-electron chi connectivity index (χ1n) is 9.53. The summed E-state index contributed by atoms with van der Waals surface area (Å²) in [7, 11) is 0. The predicted molar refractivity (Wildman–Crippen MR) is 111 cm³/mol. The standard InChI is InChI=1S/C22H23ClN4/c1-2-16-5-4-12-27(15-16)21-13-20(17-7-9-19(23)10-8-17)25-22(26-21)18-6-3-11-24-14-18/h3,6-11,13-14,16H,2,4-5,12,15H2,1H3. The van der Waals surface area contributed by atoms with Crippen LogP contribution in [0.25, 0.3) is 22.6 Å². The monoisotopic (exact) mass is 378 g/mol. The summed E-state index contributed by atoms with van der Waals surface area (Å²) in [5.41, 5.74) is 2.88. The first kappa shape index (κ1) is 17.9. The molecule has 1 aromatic carbocycles. The van der Waals surface area contributed by atoms with E-state index in [0.29, 0.717) is 5.82 Å². The van der Waals surface area contributed by atoms with Crippen LogP contribution in [0.4, 0.5) is 5.82 Å². The number of halogens is 1. The molecule has 27 heavy (non-hydrogen) atoms. The van der Waals surface area contributed by atoms with Crippen molar-refractivity contribution in [1.29, 1.82) is 0 Å². The molecule has 1 aliphatic rings. The Balaban J connectivity index is 1.78. The van der Waals surface area contributed by atoms with Gasteiger partial charge in [-0.25, -0.2) is 9.97 Å². The molecule has 0 N–H and O–H groups in total. The summed E-state index contributed by atoms with van der Waals surface area (Å²) in [6.07, 6.45) is 7.30. The fourth-order valence-electron chi connectivity index (χ4n) is 3.60. The second kappa shape index (κ2) is 8.05. The van der Waals surface area contributed by atoms with Crippen molar-refractivity contribution in [2.24, 2.45) is 5.92 Å². The van der Waals surface area contributed by atoms with Crippen molar-refractivity contribution in [2.75, 3.05) is 18.0 Å². The van der Waals surface area contributed by atoms with Crippen LogP contribution in [-0.2, 0) is 0 Å². The zero-order valence-corrected chi connectivity index (χ0v) is 16.2. The van der Waals surface area contributed by atoms with E-state index in [4.69, 9.17) is 21.6 Å². The van der Waals surface area contributed by atoms with Gasteiger partial charge in [-0.15, -0.1) is 0 Å². The Morgan fingerprint density at radius 1 is 1.11 bits per heavy atom. The van der Waals surface area contributed by atoms with Crippen molar-refractivity contribution >= 4 is 17.4 Å². The Hall–Kier alpha value is -2.46. The van der Waals surface area contributed by atoms with E-state index in [0.717, 1.165) is 46.7 Å². The summed E-state index contributed by atoms with van der Waals surface area (Å²) in [6, 6.07) is 13.8. The number of hydrogen-bond donors (Lipinski definition) is 0. The lowest BCUT2D eigenvalue weighted by Crippen LogP contribution is -2.35. The molecule has 0 saturated carbocycles. The van der Waals surface area contributed by atoms with Crippen LogP contribution in [0, 0.1) is 5.92 Å². The van der Waals surface area contributed by atoms with E-state index in [1.165, 1.54) is 19.3 Å².